The summed E-state index contributed by atoms with van der Waals surface area (Å²) in [6.07, 6.45) is 9.99. The topological polar surface area (TPSA) is 62.7 Å². The third kappa shape index (κ3) is 3.30. The zero-order valence-corrected chi connectivity index (χ0v) is 13.6. The van der Waals surface area contributed by atoms with Crippen molar-refractivity contribution in [1.82, 2.24) is 15.0 Å². The van der Waals surface area contributed by atoms with E-state index in [9.17, 15) is 0 Å². The number of pyridine rings is 1. The van der Waals surface area contributed by atoms with Crippen molar-refractivity contribution in [3.05, 3.63) is 48.8 Å². The highest BCUT2D eigenvalue weighted by Gasteiger charge is 2.13. The Morgan fingerprint density at radius 2 is 1.75 bits per heavy atom. The van der Waals surface area contributed by atoms with Gasteiger partial charge in [-0.25, -0.2) is 4.98 Å². The van der Waals surface area contributed by atoms with Crippen LogP contribution in [0.1, 0.15) is 32.1 Å². The second kappa shape index (κ2) is 6.83. The van der Waals surface area contributed by atoms with E-state index in [1.54, 1.807) is 12.4 Å². The minimum absolute atomic E-state index is 0.528. The first-order chi connectivity index (χ1) is 11.9. The molecular weight excluding hydrogens is 298 g/mol. The van der Waals surface area contributed by atoms with Gasteiger partial charge in [0.05, 0.1) is 11.2 Å². The van der Waals surface area contributed by atoms with Gasteiger partial charge in [0.15, 0.2) is 0 Å². The van der Waals surface area contributed by atoms with Gasteiger partial charge in [-0.2, -0.15) is 4.98 Å². The van der Waals surface area contributed by atoms with Gasteiger partial charge in [0.2, 0.25) is 5.95 Å². The maximum atomic E-state index is 4.61. The SMILES string of the molecule is c1cnc2c(Nc3nccc(NC4CCCCC4)n3)cccc2c1. The molecule has 1 aliphatic carbocycles. The smallest absolute Gasteiger partial charge is 0.229 e. The van der Waals surface area contributed by atoms with E-state index in [1.807, 2.05) is 24.3 Å². The predicted molar refractivity (Wildman–Crippen MR) is 97.6 cm³/mol. The molecule has 0 spiro atoms. The normalized spacial score (nSPS) is 15.3. The highest BCUT2D eigenvalue weighted by atomic mass is 15.1. The average Bonchev–Trinajstić information content (AvgIpc) is 2.63. The summed E-state index contributed by atoms with van der Waals surface area (Å²) in [5, 5.41) is 7.93. The van der Waals surface area contributed by atoms with Crippen molar-refractivity contribution >= 4 is 28.4 Å². The van der Waals surface area contributed by atoms with E-state index in [-0.39, 0.29) is 0 Å². The Balaban J connectivity index is 1.55. The van der Waals surface area contributed by atoms with Crippen LogP contribution in [0.4, 0.5) is 17.5 Å². The molecule has 2 aromatic heterocycles. The fourth-order valence-corrected chi connectivity index (χ4v) is 3.28. The van der Waals surface area contributed by atoms with Crippen LogP contribution in [0, 0.1) is 0 Å². The van der Waals surface area contributed by atoms with Crippen molar-refractivity contribution in [2.45, 2.75) is 38.1 Å². The minimum Gasteiger partial charge on any atom is -0.367 e. The highest BCUT2D eigenvalue weighted by molar-refractivity contribution is 5.91. The first kappa shape index (κ1) is 14.9. The molecule has 4 rings (SSSR count). The fourth-order valence-electron chi connectivity index (χ4n) is 3.28. The van der Waals surface area contributed by atoms with Crippen LogP contribution in [0.5, 0.6) is 0 Å². The maximum Gasteiger partial charge on any atom is 0.229 e. The van der Waals surface area contributed by atoms with E-state index >= 15 is 0 Å². The number of benzene rings is 1. The molecular formula is C19H21N5. The Kier molecular flexibility index (Phi) is 4.23. The Morgan fingerprint density at radius 3 is 2.67 bits per heavy atom. The summed E-state index contributed by atoms with van der Waals surface area (Å²) in [4.78, 5) is 13.4. The standard InChI is InChI=1S/C19H21N5/c1-2-8-15(9-3-1)22-17-11-13-21-19(24-17)23-16-10-4-6-14-7-5-12-20-18(14)16/h4-7,10-13,15H,1-3,8-9H2,(H2,21,22,23,24). The first-order valence-electron chi connectivity index (χ1n) is 8.59. The third-order valence-corrected chi connectivity index (χ3v) is 4.49. The van der Waals surface area contributed by atoms with Crippen molar-refractivity contribution in [2.75, 3.05) is 10.6 Å². The van der Waals surface area contributed by atoms with E-state index in [4.69, 9.17) is 0 Å². The van der Waals surface area contributed by atoms with E-state index in [0.717, 1.165) is 22.4 Å². The molecule has 5 heteroatoms. The Hall–Kier alpha value is -2.69. The second-order valence-electron chi connectivity index (χ2n) is 6.25. The van der Waals surface area contributed by atoms with Crippen LogP contribution in [-0.4, -0.2) is 21.0 Å². The molecule has 0 bridgehead atoms. The van der Waals surface area contributed by atoms with Gasteiger partial charge in [-0.3, -0.25) is 4.98 Å². The summed E-state index contributed by atoms with van der Waals surface area (Å²) >= 11 is 0. The zero-order chi connectivity index (χ0) is 16.2. The molecule has 0 aliphatic heterocycles. The lowest BCUT2D eigenvalue weighted by molar-refractivity contribution is 0.462. The molecule has 0 saturated heterocycles. The number of para-hydroxylation sites is 1. The van der Waals surface area contributed by atoms with Crippen LogP contribution in [-0.2, 0) is 0 Å². The van der Waals surface area contributed by atoms with Crippen molar-refractivity contribution in [2.24, 2.45) is 0 Å². The van der Waals surface area contributed by atoms with E-state index in [2.05, 4.69) is 37.7 Å². The van der Waals surface area contributed by atoms with Crippen molar-refractivity contribution in [3.8, 4) is 0 Å². The second-order valence-corrected chi connectivity index (χ2v) is 6.25. The third-order valence-electron chi connectivity index (χ3n) is 4.49. The van der Waals surface area contributed by atoms with Crippen LogP contribution < -0.4 is 10.6 Å². The number of aromatic nitrogens is 3. The van der Waals surface area contributed by atoms with Gasteiger partial charge >= 0.3 is 0 Å². The van der Waals surface area contributed by atoms with Crippen LogP contribution >= 0.6 is 0 Å². The maximum absolute atomic E-state index is 4.61. The lowest BCUT2D eigenvalue weighted by Gasteiger charge is -2.23. The fraction of sp³-hybridized carbons (Fsp3) is 0.316. The molecule has 0 unspecified atom stereocenters. The molecule has 1 fully saturated rings. The molecule has 2 N–H and O–H groups in total. The number of rotatable bonds is 4. The molecule has 1 aromatic carbocycles. The van der Waals surface area contributed by atoms with Crippen LogP contribution in [0.15, 0.2) is 48.8 Å². The van der Waals surface area contributed by atoms with Gasteiger partial charge in [0.1, 0.15) is 5.82 Å². The predicted octanol–water partition coefficient (Wildman–Crippen LogP) is 4.51. The summed E-state index contributed by atoms with van der Waals surface area (Å²) < 4.78 is 0. The quantitative estimate of drug-likeness (QED) is 0.740. The molecule has 0 atom stereocenters. The summed E-state index contributed by atoms with van der Waals surface area (Å²) in [5.74, 6) is 1.47. The minimum atomic E-state index is 0.528. The van der Waals surface area contributed by atoms with E-state index < -0.39 is 0 Å². The van der Waals surface area contributed by atoms with Crippen LogP contribution in [0.3, 0.4) is 0 Å². The lowest BCUT2D eigenvalue weighted by atomic mass is 9.95. The van der Waals surface area contributed by atoms with E-state index in [0.29, 0.717) is 12.0 Å². The molecule has 3 aromatic rings. The highest BCUT2D eigenvalue weighted by Crippen LogP contribution is 2.24. The van der Waals surface area contributed by atoms with Crippen LogP contribution in [0.25, 0.3) is 10.9 Å². The van der Waals surface area contributed by atoms with Gasteiger partial charge in [-0.1, -0.05) is 37.5 Å². The average molecular weight is 319 g/mol. The summed E-state index contributed by atoms with van der Waals surface area (Å²) in [5.41, 5.74) is 1.84. The molecule has 122 valence electrons. The molecule has 24 heavy (non-hydrogen) atoms. The summed E-state index contributed by atoms with van der Waals surface area (Å²) in [6.45, 7) is 0. The first-order valence-corrected chi connectivity index (χ1v) is 8.59. The molecule has 2 heterocycles. The molecule has 0 amide bonds. The van der Waals surface area contributed by atoms with Crippen molar-refractivity contribution in [3.63, 3.8) is 0 Å². The van der Waals surface area contributed by atoms with Gasteiger partial charge in [0.25, 0.3) is 0 Å². The molecule has 0 radical (unpaired) electrons. The lowest BCUT2D eigenvalue weighted by Crippen LogP contribution is -2.22. The van der Waals surface area contributed by atoms with E-state index in [1.165, 1.54) is 32.1 Å². The zero-order valence-electron chi connectivity index (χ0n) is 13.6. The number of fused-ring (bicyclic) bond motifs is 1. The van der Waals surface area contributed by atoms with Gasteiger partial charge < -0.3 is 10.6 Å². The molecule has 1 saturated carbocycles. The van der Waals surface area contributed by atoms with Crippen LogP contribution in [0.2, 0.25) is 0 Å². The number of hydrogen-bond donors (Lipinski definition) is 2. The van der Waals surface area contributed by atoms with Crippen molar-refractivity contribution in [1.29, 1.82) is 0 Å². The van der Waals surface area contributed by atoms with Gasteiger partial charge in [0, 0.05) is 23.8 Å². The number of anilines is 3. The number of nitrogens with one attached hydrogen (secondary N) is 2. The van der Waals surface area contributed by atoms with Gasteiger partial charge in [-0.15, -0.1) is 0 Å². The van der Waals surface area contributed by atoms with Gasteiger partial charge in [-0.05, 0) is 31.0 Å². The monoisotopic (exact) mass is 319 g/mol. The number of nitrogens with zero attached hydrogens (tertiary/aromatic N) is 3. The Labute approximate surface area is 141 Å². The molecule has 1 aliphatic rings. The Morgan fingerprint density at radius 1 is 0.875 bits per heavy atom. The molecule has 5 nitrogen and oxygen atoms in total. The summed E-state index contributed by atoms with van der Waals surface area (Å²) in [7, 11) is 0. The Bertz CT molecular complexity index is 821. The largest absolute Gasteiger partial charge is 0.367 e. The number of hydrogen-bond acceptors (Lipinski definition) is 5. The van der Waals surface area contributed by atoms with Crippen molar-refractivity contribution < 1.29 is 0 Å². The summed E-state index contributed by atoms with van der Waals surface area (Å²) in [6, 6.07) is 12.5.